The first-order chi connectivity index (χ1) is 13.7. The number of carbonyl (C=O) groups excluding carboxylic acids is 1. The van der Waals surface area contributed by atoms with E-state index in [0.29, 0.717) is 30.4 Å². The number of hydrogen-bond acceptors (Lipinski definition) is 5. The molecule has 2 aromatic heterocycles. The van der Waals surface area contributed by atoms with Crippen molar-refractivity contribution in [3.63, 3.8) is 0 Å². The summed E-state index contributed by atoms with van der Waals surface area (Å²) in [5, 5.41) is 11.0. The first kappa shape index (κ1) is 17.7. The summed E-state index contributed by atoms with van der Waals surface area (Å²) in [5.41, 5.74) is 3.53. The van der Waals surface area contributed by atoms with Crippen LogP contribution in [-0.2, 0) is 13.1 Å². The fourth-order valence-electron chi connectivity index (χ4n) is 2.91. The lowest BCUT2D eigenvalue weighted by atomic mass is 10.1. The van der Waals surface area contributed by atoms with Gasteiger partial charge in [0, 0.05) is 30.1 Å². The first-order valence-electron chi connectivity index (χ1n) is 8.92. The summed E-state index contributed by atoms with van der Waals surface area (Å²) < 4.78 is 7.00. The number of nitrogens with zero attached hydrogens (tertiary/aromatic N) is 4. The van der Waals surface area contributed by atoms with Gasteiger partial charge >= 0.3 is 0 Å². The largest absolute Gasteiger partial charge is 0.348 e. The topological polar surface area (TPSA) is 85.8 Å². The molecule has 1 N–H and O–H groups in total. The zero-order valence-electron chi connectivity index (χ0n) is 15.4. The Balaban J connectivity index is 1.42. The molecule has 0 spiro atoms. The monoisotopic (exact) mass is 373 g/mol. The van der Waals surface area contributed by atoms with Gasteiger partial charge in [-0.1, -0.05) is 29.4 Å². The van der Waals surface area contributed by atoms with E-state index in [1.165, 1.54) is 0 Å². The summed E-state index contributed by atoms with van der Waals surface area (Å²) >= 11 is 0. The summed E-state index contributed by atoms with van der Waals surface area (Å²) in [4.78, 5) is 16.7. The molecule has 7 nitrogen and oxygen atoms in total. The Morgan fingerprint density at radius 1 is 1.07 bits per heavy atom. The van der Waals surface area contributed by atoms with E-state index >= 15 is 0 Å². The number of carbonyl (C=O) groups is 1. The molecule has 0 aliphatic rings. The van der Waals surface area contributed by atoms with Crippen LogP contribution < -0.4 is 5.32 Å². The highest BCUT2D eigenvalue weighted by Gasteiger charge is 2.10. The quantitative estimate of drug-likeness (QED) is 0.561. The van der Waals surface area contributed by atoms with E-state index in [1.807, 2.05) is 41.2 Å². The Morgan fingerprint density at radius 3 is 2.54 bits per heavy atom. The second-order valence-corrected chi connectivity index (χ2v) is 6.38. The molecule has 0 fully saturated rings. The summed E-state index contributed by atoms with van der Waals surface area (Å²) in [6.45, 7) is 2.87. The van der Waals surface area contributed by atoms with Gasteiger partial charge in [-0.25, -0.2) is 0 Å². The number of nitrogens with one attached hydrogen (secondary N) is 1. The Bertz CT molecular complexity index is 1070. The molecule has 0 unspecified atom stereocenters. The molecule has 1 amide bonds. The van der Waals surface area contributed by atoms with Crippen molar-refractivity contribution in [1.29, 1.82) is 0 Å². The Kier molecular flexibility index (Phi) is 4.97. The molecule has 4 rings (SSSR count). The highest BCUT2D eigenvalue weighted by molar-refractivity contribution is 5.94. The van der Waals surface area contributed by atoms with Gasteiger partial charge in [0.1, 0.15) is 0 Å². The Morgan fingerprint density at radius 2 is 1.86 bits per heavy atom. The van der Waals surface area contributed by atoms with Crippen LogP contribution in [0.2, 0.25) is 0 Å². The van der Waals surface area contributed by atoms with Crippen molar-refractivity contribution in [2.45, 2.75) is 20.0 Å². The minimum absolute atomic E-state index is 0.137. The van der Waals surface area contributed by atoms with Crippen molar-refractivity contribution in [2.24, 2.45) is 0 Å². The maximum Gasteiger partial charge on any atom is 0.257 e. The van der Waals surface area contributed by atoms with Gasteiger partial charge in [0.2, 0.25) is 0 Å². The number of aromatic nitrogens is 4. The van der Waals surface area contributed by atoms with E-state index in [4.69, 9.17) is 4.52 Å². The average Bonchev–Trinajstić information content (AvgIpc) is 3.39. The van der Waals surface area contributed by atoms with Crippen molar-refractivity contribution in [3.8, 4) is 11.5 Å². The molecule has 0 saturated heterocycles. The van der Waals surface area contributed by atoms with E-state index in [9.17, 15) is 4.79 Å². The molecule has 4 aromatic rings. The van der Waals surface area contributed by atoms with E-state index in [-0.39, 0.29) is 5.91 Å². The smallest absolute Gasteiger partial charge is 0.257 e. The van der Waals surface area contributed by atoms with E-state index in [2.05, 4.69) is 20.6 Å². The molecular weight excluding hydrogens is 354 g/mol. The zero-order chi connectivity index (χ0) is 19.3. The molecule has 28 heavy (non-hydrogen) atoms. The van der Waals surface area contributed by atoms with Gasteiger partial charge in [-0.15, -0.1) is 0 Å². The lowest BCUT2D eigenvalue weighted by Crippen LogP contribution is -2.23. The van der Waals surface area contributed by atoms with Crippen molar-refractivity contribution in [3.05, 3.63) is 89.5 Å². The fourth-order valence-corrected chi connectivity index (χ4v) is 2.91. The van der Waals surface area contributed by atoms with E-state index in [0.717, 1.165) is 16.7 Å². The van der Waals surface area contributed by atoms with Crippen LogP contribution in [0.25, 0.3) is 11.5 Å². The van der Waals surface area contributed by atoms with Crippen LogP contribution >= 0.6 is 0 Å². The number of aryl methyl sites for hydroxylation is 1. The number of amides is 1. The van der Waals surface area contributed by atoms with E-state index < -0.39 is 0 Å². The van der Waals surface area contributed by atoms with Gasteiger partial charge in [0.05, 0.1) is 6.54 Å². The van der Waals surface area contributed by atoms with Gasteiger partial charge in [0.15, 0.2) is 5.82 Å². The van der Waals surface area contributed by atoms with Crippen LogP contribution in [0.3, 0.4) is 0 Å². The molecule has 0 aliphatic carbocycles. The molecule has 140 valence electrons. The second kappa shape index (κ2) is 7.87. The summed E-state index contributed by atoms with van der Waals surface area (Å²) in [7, 11) is 0. The van der Waals surface area contributed by atoms with Gasteiger partial charge in [0.25, 0.3) is 11.8 Å². The zero-order valence-corrected chi connectivity index (χ0v) is 15.4. The van der Waals surface area contributed by atoms with Gasteiger partial charge < -0.3 is 9.84 Å². The van der Waals surface area contributed by atoms with Crippen LogP contribution in [-0.4, -0.2) is 25.8 Å². The second-order valence-electron chi connectivity index (χ2n) is 6.38. The van der Waals surface area contributed by atoms with Crippen LogP contribution in [0, 0.1) is 6.92 Å². The van der Waals surface area contributed by atoms with Gasteiger partial charge in [-0.3, -0.25) is 9.48 Å². The Labute approximate surface area is 162 Å². The van der Waals surface area contributed by atoms with Gasteiger partial charge in [-0.2, -0.15) is 10.1 Å². The van der Waals surface area contributed by atoms with Gasteiger partial charge in [-0.05, 0) is 48.4 Å². The van der Waals surface area contributed by atoms with Crippen LogP contribution in [0.15, 0.2) is 71.5 Å². The van der Waals surface area contributed by atoms with Crippen LogP contribution in [0.1, 0.15) is 27.3 Å². The van der Waals surface area contributed by atoms with Crippen LogP contribution in [0.5, 0.6) is 0 Å². The molecule has 0 aliphatic heterocycles. The molecule has 0 radical (unpaired) electrons. The van der Waals surface area contributed by atoms with Crippen molar-refractivity contribution < 1.29 is 9.32 Å². The maximum atomic E-state index is 12.5. The molecule has 2 heterocycles. The summed E-state index contributed by atoms with van der Waals surface area (Å²) in [5.74, 6) is 0.879. The minimum Gasteiger partial charge on any atom is -0.348 e. The normalized spacial score (nSPS) is 10.8. The van der Waals surface area contributed by atoms with Crippen molar-refractivity contribution in [2.75, 3.05) is 0 Å². The van der Waals surface area contributed by atoms with E-state index in [1.54, 1.807) is 37.4 Å². The summed E-state index contributed by atoms with van der Waals surface area (Å²) in [6, 6.07) is 17.0. The predicted molar refractivity (Wildman–Crippen MR) is 103 cm³/mol. The standard InChI is InChI=1S/C21H19N5O2/c1-15-24-21(28-25-15)17-9-7-16(8-10-17)20(27)22-13-18-5-2-3-6-19(18)14-26-12-4-11-23-26/h2-12H,13-14H2,1H3,(H,22,27). The first-order valence-corrected chi connectivity index (χ1v) is 8.92. The SMILES string of the molecule is Cc1noc(-c2ccc(C(=O)NCc3ccccc3Cn3cccn3)cc2)n1. The molecule has 0 atom stereocenters. The number of rotatable bonds is 6. The Hall–Kier alpha value is -3.74. The number of benzene rings is 2. The lowest BCUT2D eigenvalue weighted by Gasteiger charge is -2.11. The third-order valence-corrected chi connectivity index (χ3v) is 4.37. The van der Waals surface area contributed by atoms with Crippen molar-refractivity contribution in [1.82, 2.24) is 25.2 Å². The molecule has 2 aromatic carbocycles. The molecular formula is C21H19N5O2. The summed E-state index contributed by atoms with van der Waals surface area (Å²) in [6.07, 6.45) is 3.67. The molecule has 7 heteroatoms. The van der Waals surface area contributed by atoms with Crippen LogP contribution in [0.4, 0.5) is 0 Å². The third kappa shape index (κ3) is 3.98. The number of hydrogen-bond donors (Lipinski definition) is 1. The third-order valence-electron chi connectivity index (χ3n) is 4.37. The highest BCUT2D eigenvalue weighted by Crippen LogP contribution is 2.18. The average molecular weight is 373 g/mol. The predicted octanol–water partition coefficient (Wildman–Crippen LogP) is 3.22. The maximum absolute atomic E-state index is 12.5. The molecule has 0 bridgehead atoms. The minimum atomic E-state index is -0.137. The fraction of sp³-hybridized carbons (Fsp3) is 0.143. The lowest BCUT2D eigenvalue weighted by molar-refractivity contribution is 0.0951. The highest BCUT2D eigenvalue weighted by atomic mass is 16.5. The van der Waals surface area contributed by atoms with Crippen molar-refractivity contribution >= 4 is 5.91 Å². The molecule has 0 saturated carbocycles.